The van der Waals surface area contributed by atoms with Gasteiger partial charge >= 0.3 is 150 Å². The van der Waals surface area contributed by atoms with Crippen LogP contribution in [0.3, 0.4) is 0 Å². The van der Waals surface area contributed by atoms with Gasteiger partial charge in [-0.2, -0.15) is 0 Å². The summed E-state index contributed by atoms with van der Waals surface area (Å²) in [5.41, 5.74) is 0. The normalized spacial score (nSPS) is 0. The Morgan fingerprint density at radius 2 is 1.25 bits per heavy atom. The number of hydrogen-bond donors (Lipinski definition) is 0. The molecule has 4 heteroatoms. The van der Waals surface area contributed by atoms with E-state index in [4.69, 9.17) is 0 Å². The van der Waals surface area contributed by atoms with Crippen molar-refractivity contribution in [3.8, 4) is 0 Å². The summed E-state index contributed by atoms with van der Waals surface area (Å²) in [6.45, 7) is 0. The van der Waals surface area contributed by atoms with E-state index in [1.807, 2.05) is 0 Å². The SMILES string of the molecule is [Cs+].[H-].[H-].[H-].[K+].[Na+].[Sb]. The first-order chi connectivity index (χ1) is 0. The average molecular weight is 320 g/mol. The van der Waals surface area contributed by atoms with Crippen molar-refractivity contribution >= 4 is 24.4 Å². The van der Waals surface area contributed by atoms with Crippen LogP contribution in [0, 0.1) is 0 Å². The van der Waals surface area contributed by atoms with Gasteiger partial charge in [-0.15, -0.1) is 0 Å². The fourth-order valence-corrected chi connectivity index (χ4v) is 0. The Labute approximate surface area is 172 Å². The second-order valence-corrected chi connectivity index (χ2v) is 0. The maximum Gasteiger partial charge on any atom is 1.00 e. The Kier molecular flexibility index (Phi) is 89.7. The fraction of sp³-hybridized carbons (Fsp3) is 0. The van der Waals surface area contributed by atoms with Gasteiger partial charge in [0.15, 0.2) is 0 Å². The van der Waals surface area contributed by atoms with Crippen LogP contribution in [0.5, 0.6) is 0 Å². The fourth-order valence-electron chi connectivity index (χ4n) is 0. The molecule has 0 N–H and O–H groups in total. The minimum absolute atomic E-state index is 0. The molecule has 0 heterocycles. The zero-order chi connectivity index (χ0) is 0. The van der Waals surface area contributed by atoms with Crippen LogP contribution < -0.4 is 150 Å². The first kappa shape index (κ1) is 22.7. The van der Waals surface area contributed by atoms with Crippen molar-refractivity contribution in [2.75, 3.05) is 0 Å². The molecular formula is H3CsKNaSb. The zero-order valence-electron chi connectivity index (χ0n) is 6.45. The zero-order valence-corrected chi connectivity index (χ0v) is 17.4. The van der Waals surface area contributed by atoms with Crippen LogP contribution in [0.25, 0.3) is 0 Å². The minimum atomic E-state index is 0. The predicted octanol–water partition coefficient (Wildman–Crippen LogP) is -9.03. The Hall–Kier alpha value is 5.51. The summed E-state index contributed by atoms with van der Waals surface area (Å²) >= 11 is 0. The van der Waals surface area contributed by atoms with Crippen molar-refractivity contribution in [2.24, 2.45) is 0 Å². The predicted molar refractivity (Wildman–Crippen MR) is 9.09 cm³/mol. The molecule has 0 unspecified atom stereocenters. The van der Waals surface area contributed by atoms with Crippen molar-refractivity contribution < 1.29 is 154 Å². The van der Waals surface area contributed by atoms with E-state index in [0.717, 1.165) is 0 Å². The van der Waals surface area contributed by atoms with Crippen LogP contribution in [0.15, 0.2) is 0 Å². The number of rotatable bonds is 0. The van der Waals surface area contributed by atoms with E-state index in [1.54, 1.807) is 0 Å². The third kappa shape index (κ3) is 10.5. The van der Waals surface area contributed by atoms with Gasteiger partial charge in [0.25, 0.3) is 0 Å². The van der Waals surface area contributed by atoms with Gasteiger partial charge in [0.2, 0.25) is 0 Å². The summed E-state index contributed by atoms with van der Waals surface area (Å²) < 4.78 is 0. The topological polar surface area (TPSA) is 0 Å². The molecule has 0 spiro atoms. The average Bonchev–Trinajstić information content (AvgIpc) is 0. The molecule has 11 valence electrons. The molecule has 0 aromatic heterocycles. The van der Waals surface area contributed by atoms with Crippen molar-refractivity contribution in [1.82, 2.24) is 0 Å². The summed E-state index contributed by atoms with van der Waals surface area (Å²) in [5, 5.41) is 0. The van der Waals surface area contributed by atoms with Gasteiger partial charge in [0.05, 0.1) is 0 Å². The third-order valence-corrected chi connectivity index (χ3v) is 0. The summed E-state index contributed by atoms with van der Waals surface area (Å²) in [6, 6.07) is 0. The molecule has 0 nitrogen and oxygen atoms in total. The van der Waals surface area contributed by atoms with Crippen LogP contribution in [-0.2, 0) is 0 Å². The third-order valence-electron chi connectivity index (χ3n) is 0. The van der Waals surface area contributed by atoms with Crippen LogP contribution in [0.2, 0.25) is 0 Å². The van der Waals surface area contributed by atoms with E-state index in [0.29, 0.717) is 0 Å². The van der Waals surface area contributed by atoms with E-state index in [9.17, 15) is 0 Å². The Morgan fingerprint density at radius 3 is 1.25 bits per heavy atom. The van der Waals surface area contributed by atoms with E-state index in [1.165, 1.54) is 0 Å². The summed E-state index contributed by atoms with van der Waals surface area (Å²) in [7, 11) is 0. The molecule has 0 aromatic carbocycles. The van der Waals surface area contributed by atoms with Crippen LogP contribution in [-0.4, -0.2) is 24.4 Å². The first-order valence-corrected chi connectivity index (χ1v) is 0. The van der Waals surface area contributed by atoms with Gasteiger partial charge in [-0.25, -0.2) is 0 Å². The van der Waals surface area contributed by atoms with Gasteiger partial charge in [0.1, 0.15) is 0 Å². The second-order valence-electron chi connectivity index (χ2n) is 0. The monoisotopic (exact) mass is 319 g/mol. The molecule has 0 saturated heterocycles. The van der Waals surface area contributed by atoms with Crippen LogP contribution in [0.1, 0.15) is 4.28 Å². The molecule has 0 amide bonds. The molecule has 3 radical (unpaired) electrons. The molecule has 4 heavy (non-hydrogen) atoms. The van der Waals surface area contributed by atoms with Crippen molar-refractivity contribution in [1.29, 1.82) is 0 Å². The summed E-state index contributed by atoms with van der Waals surface area (Å²) in [6.07, 6.45) is 0. The molecule has 0 aromatic rings. The molecule has 0 rings (SSSR count). The molecule has 0 aliphatic heterocycles. The quantitative estimate of drug-likeness (QED) is 0.389. The molecule has 0 aliphatic rings. The summed E-state index contributed by atoms with van der Waals surface area (Å²) in [4.78, 5) is 0. The van der Waals surface area contributed by atoms with Gasteiger partial charge in [-0.3, -0.25) is 0 Å². The molecule has 0 aliphatic carbocycles. The first-order valence-electron chi connectivity index (χ1n) is 0. The Bertz CT molecular complexity index is 14.9. The minimum Gasteiger partial charge on any atom is -1.00 e. The summed E-state index contributed by atoms with van der Waals surface area (Å²) in [5.74, 6) is 0. The molecule has 0 saturated carbocycles. The molecule has 0 fully saturated rings. The van der Waals surface area contributed by atoms with Crippen molar-refractivity contribution in [3.05, 3.63) is 0 Å². The van der Waals surface area contributed by atoms with Crippen molar-refractivity contribution in [2.45, 2.75) is 0 Å². The molecule has 0 atom stereocenters. The standard InChI is InChI=1S/Cs.K.Na.Sb.3H/q3*+1;;3*-1. The largest absolute Gasteiger partial charge is 1.00 e. The van der Waals surface area contributed by atoms with E-state index in [-0.39, 0.29) is 179 Å². The smallest absolute Gasteiger partial charge is 1.00 e. The Morgan fingerprint density at radius 1 is 1.25 bits per heavy atom. The van der Waals surface area contributed by atoms with Crippen molar-refractivity contribution in [3.63, 3.8) is 0 Å². The molecule has 0 bridgehead atoms. The van der Waals surface area contributed by atoms with Gasteiger partial charge in [-0.1, -0.05) is 0 Å². The van der Waals surface area contributed by atoms with E-state index >= 15 is 0 Å². The maximum absolute atomic E-state index is 0. The Balaban J connectivity index is 0. The van der Waals surface area contributed by atoms with Gasteiger partial charge in [-0.05, 0) is 0 Å². The number of hydrogen-bond acceptors (Lipinski definition) is 0. The molecular weight excluding hydrogens is 317 g/mol. The van der Waals surface area contributed by atoms with Gasteiger partial charge < -0.3 is 4.28 Å². The van der Waals surface area contributed by atoms with Gasteiger partial charge in [0, 0.05) is 24.4 Å². The second kappa shape index (κ2) is 15.8. The maximum atomic E-state index is 0. The van der Waals surface area contributed by atoms with E-state index in [2.05, 4.69) is 0 Å². The van der Waals surface area contributed by atoms with Crippen LogP contribution >= 0.6 is 0 Å². The van der Waals surface area contributed by atoms with Crippen LogP contribution in [0.4, 0.5) is 0 Å². The van der Waals surface area contributed by atoms with E-state index < -0.39 is 0 Å².